The van der Waals surface area contributed by atoms with E-state index in [4.69, 9.17) is 4.74 Å². The van der Waals surface area contributed by atoms with Crippen molar-refractivity contribution < 1.29 is 13.2 Å². The quantitative estimate of drug-likeness (QED) is 0.643. The van der Waals surface area contributed by atoms with Crippen molar-refractivity contribution in [1.29, 1.82) is 0 Å². The summed E-state index contributed by atoms with van der Waals surface area (Å²) < 4.78 is 30.4. The molecule has 0 bridgehead atoms. The number of ether oxygens (including phenoxy) is 1. The van der Waals surface area contributed by atoms with E-state index < -0.39 is 9.84 Å². The maximum atomic E-state index is 11.3. The Morgan fingerprint density at radius 1 is 1.35 bits per heavy atom. The highest BCUT2D eigenvalue weighted by atomic mass is 79.9. The number of nitrogens with zero attached hydrogens (tertiary/aromatic N) is 2. The van der Waals surface area contributed by atoms with Gasteiger partial charge in [-0.25, -0.2) is 13.4 Å². The molecule has 0 spiro atoms. The Bertz CT molecular complexity index is 910. The molecule has 0 saturated carbocycles. The summed E-state index contributed by atoms with van der Waals surface area (Å²) >= 11 is 4.92. The normalized spacial score (nSPS) is 17.1. The molecule has 0 amide bonds. The fraction of sp³-hybridized carbons (Fsp3) is 0.235. The number of hydrogen-bond acceptors (Lipinski definition) is 7. The van der Waals surface area contributed by atoms with E-state index in [9.17, 15) is 8.42 Å². The second-order valence-electron chi connectivity index (χ2n) is 5.74. The first-order chi connectivity index (χ1) is 12.4. The highest BCUT2D eigenvalue weighted by Gasteiger charge is 2.24. The van der Waals surface area contributed by atoms with Gasteiger partial charge in [0.15, 0.2) is 11.3 Å². The van der Waals surface area contributed by atoms with Crippen LogP contribution < -0.4 is 10.1 Å². The van der Waals surface area contributed by atoms with Crippen molar-refractivity contribution >= 4 is 42.5 Å². The van der Waals surface area contributed by atoms with E-state index in [0.29, 0.717) is 17.3 Å². The van der Waals surface area contributed by atoms with E-state index in [1.807, 2.05) is 58.0 Å². The smallest absolute Gasteiger partial charge is 0.184 e. The molecule has 1 N–H and O–H groups in total. The number of halogens is 1. The van der Waals surface area contributed by atoms with Gasteiger partial charge in [-0.15, -0.1) is 11.3 Å². The highest BCUT2D eigenvalue weighted by molar-refractivity contribution is 9.07. The summed E-state index contributed by atoms with van der Waals surface area (Å²) in [5, 5.41) is 5.87. The van der Waals surface area contributed by atoms with E-state index in [-0.39, 0.29) is 11.9 Å². The molecule has 1 atom stereocenters. The molecule has 1 aromatic heterocycles. The average Bonchev–Trinajstić information content (AvgIpc) is 3.04. The standard InChI is InChI=1S/C17H18BrN3O3S2/c1-26(22,23)11-9-13-12-25-17(19-13)20-16-15(8-5-10-21(16)18)24-14-6-3-2-4-7-14/h2-8,10,12,16H,9,11H2,1H3,(H,19,20). The molecule has 1 aromatic carbocycles. The van der Waals surface area contributed by atoms with Crippen LogP contribution in [0.3, 0.4) is 0 Å². The van der Waals surface area contributed by atoms with Crippen LogP contribution in [-0.2, 0) is 16.3 Å². The second-order valence-corrected chi connectivity index (χ2v) is 9.68. The molecule has 0 saturated heterocycles. The number of hydrogen-bond donors (Lipinski definition) is 1. The SMILES string of the molecule is CS(=O)(=O)CCc1csc(NC2C(Oc3ccccc3)=CC=CN2Br)n1. The predicted molar refractivity (Wildman–Crippen MR) is 108 cm³/mol. The third kappa shape index (κ3) is 5.33. The minimum absolute atomic E-state index is 0.0924. The Labute approximate surface area is 165 Å². The van der Waals surface area contributed by atoms with Crippen molar-refractivity contribution in [3.8, 4) is 5.75 Å². The number of aromatic nitrogens is 1. The van der Waals surface area contributed by atoms with E-state index in [2.05, 4.69) is 26.4 Å². The fourth-order valence-electron chi connectivity index (χ4n) is 2.26. The first-order valence-electron chi connectivity index (χ1n) is 7.85. The Balaban J connectivity index is 1.69. The number of aryl methyl sites for hydroxylation is 1. The number of nitrogens with one attached hydrogen (secondary N) is 1. The van der Waals surface area contributed by atoms with Gasteiger partial charge in [-0.05, 0) is 24.3 Å². The number of benzene rings is 1. The Kier molecular flexibility index (Phi) is 6.00. The lowest BCUT2D eigenvalue weighted by atomic mass is 10.3. The number of para-hydroxylation sites is 1. The maximum absolute atomic E-state index is 11.3. The first-order valence-corrected chi connectivity index (χ1v) is 11.5. The Morgan fingerprint density at radius 2 is 2.12 bits per heavy atom. The third-order valence-corrected chi connectivity index (χ3v) is 5.94. The van der Waals surface area contributed by atoms with Gasteiger partial charge in [-0.1, -0.05) is 18.2 Å². The highest BCUT2D eigenvalue weighted by Crippen LogP contribution is 2.26. The van der Waals surface area contributed by atoms with Gasteiger partial charge < -0.3 is 10.1 Å². The van der Waals surface area contributed by atoms with Crippen molar-refractivity contribution in [3.63, 3.8) is 0 Å². The van der Waals surface area contributed by atoms with E-state index in [0.717, 1.165) is 11.4 Å². The predicted octanol–water partition coefficient (Wildman–Crippen LogP) is 3.57. The van der Waals surface area contributed by atoms with Crippen LogP contribution in [0.1, 0.15) is 5.69 Å². The van der Waals surface area contributed by atoms with Gasteiger partial charge in [-0.2, -0.15) is 0 Å². The molecule has 0 fully saturated rings. The van der Waals surface area contributed by atoms with Crippen molar-refractivity contribution in [2.24, 2.45) is 0 Å². The lowest BCUT2D eigenvalue weighted by Gasteiger charge is -2.29. The third-order valence-electron chi connectivity index (χ3n) is 3.52. The lowest BCUT2D eigenvalue weighted by Crippen LogP contribution is -2.36. The average molecular weight is 456 g/mol. The van der Waals surface area contributed by atoms with Crippen LogP contribution in [0, 0.1) is 0 Å². The topological polar surface area (TPSA) is 71.5 Å². The molecule has 2 aromatic rings. The number of sulfone groups is 1. The summed E-state index contributed by atoms with van der Waals surface area (Å²) in [5.74, 6) is 1.55. The molecule has 3 rings (SSSR count). The van der Waals surface area contributed by atoms with Gasteiger partial charge in [-0.3, -0.25) is 3.93 Å². The van der Waals surface area contributed by atoms with Gasteiger partial charge in [0, 0.05) is 24.3 Å². The summed E-state index contributed by atoms with van der Waals surface area (Å²) in [6, 6.07) is 9.54. The van der Waals surface area contributed by atoms with Gasteiger partial charge >= 0.3 is 0 Å². The zero-order valence-corrected chi connectivity index (χ0v) is 17.2. The van der Waals surface area contributed by atoms with E-state index in [1.165, 1.54) is 17.6 Å². The summed E-state index contributed by atoms with van der Waals surface area (Å²) in [4.78, 5) is 4.47. The van der Waals surface area contributed by atoms with Crippen molar-refractivity contribution in [2.75, 3.05) is 17.3 Å². The molecule has 2 heterocycles. The zero-order valence-electron chi connectivity index (χ0n) is 14.0. The summed E-state index contributed by atoms with van der Waals surface area (Å²) in [7, 11) is -3.00. The summed E-state index contributed by atoms with van der Waals surface area (Å²) in [6.45, 7) is 0. The molecule has 6 nitrogen and oxygen atoms in total. The molecular formula is C17H18BrN3O3S2. The molecule has 138 valence electrons. The van der Waals surface area contributed by atoms with Crippen LogP contribution in [0.25, 0.3) is 0 Å². The number of thiazole rings is 1. The Morgan fingerprint density at radius 3 is 2.85 bits per heavy atom. The molecule has 26 heavy (non-hydrogen) atoms. The van der Waals surface area contributed by atoms with Crippen LogP contribution in [0.4, 0.5) is 5.13 Å². The molecular weight excluding hydrogens is 438 g/mol. The van der Waals surface area contributed by atoms with Gasteiger partial charge in [0.2, 0.25) is 0 Å². The van der Waals surface area contributed by atoms with Crippen LogP contribution in [-0.4, -0.2) is 35.5 Å². The summed E-state index contributed by atoms with van der Waals surface area (Å²) in [5.41, 5.74) is 0.755. The number of rotatable bonds is 7. The van der Waals surface area contributed by atoms with Crippen molar-refractivity contribution in [3.05, 3.63) is 65.5 Å². The molecule has 1 unspecified atom stereocenters. The minimum atomic E-state index is -3.00. The molecule has 0 radical (unpaired) electrons. The van der Waals surface area contributed by atoms with E-state index in [1.54, 1.807) is 0 Å². The van der Waals surface area contributed by atoms with E-state index >= 15 is 0 Å². The zero-order chi connectivity index (χ0) is 18.6. The van der Waals surface area contributed by atoms with Gasteiger partial charge in [0.1, 0.15) is 21.3 Å². The maximum Gasteiger partial charge on any atom is 0.184 e. The number of anilines is 1. The van der Waals surface area contributed by atoms with Gasteiger partial charge in [0.25, 0.3) is 0 Å². The largest absolute Gasteiger partial charge is 0.457 e. The molecule has 9 heteroatoms. The monoisotopic (exact) mass is 455 g/mol. The first kappa shape index (κ1) is 18.9. The van der Waals surface area contributed by atoms with Crippen molar-refractivity contribution in [1.82, 2.24) is 8.91 Å². The van der Waals surface area contributed by atoms with Crippen LogP contribution >= 0.6 is 27.5 Å². The summed E-state index contributed by atoms with van der Waals surface area (Å²) in [6.07, 6.45) is 6.99. The molecule has 0 aliphatic carbocycles. The van der Waals surface area contributed by atoms with Crippen molar-refractivity contribution in [2.45, 2.75) is 12.6 Å². The Hall–Kier alpha value is -1.84. The van der Waals surface area contributed by atoms with Gasteiger partial charge in [0.05, 0.1) is 27.6 Å². The van der Waals surface area contributed by atoms with Crippen LogP contribution in [0.15, 0.2) is 59.8 Å². The number of allylic oxidation sites excluding steroid dienone is 2. The second kappa shape index (κ2) is 8.24. The molecule has 1 aliphatic heterocycles. The fourth-order valence-corrected chi connectivity index (χ4v) is 4.05. The lowest BCUT2D eigenvalue weighted by molar-refractivity contribution is 0.343. The van der Waals surface area contributed by atoms with Crippen LogP contribution in [0.2, 0.25) is 0 Å². The minimum Gasteiger partial charge on any atom is -0.457 e. The van der Waals surface area contributed by atoms with Crippen LogP contribution in [0.5, 0.6) is 5.75 Å². The molecule has 1 aliphatic rings.